The normalized spacial score (nSPS) is 13.1. The number of hydrogen-bond donors (Lipinski definition) is 2. The summed E-state index contributed by atoms with van der Waals surface area (Å²) in [6, 6.07) is 20.3. The Morgan fingerprint density at radius 2 is 1.52 bits per heavy atom. The molecule has 1 aliphatic carbocycles. The van der Waals surface area contributed by atoms with Crippen molar-refractivity contribution in [1.82, 2.24) is 5.32 Å². The van der Waals surface area contributed by atoms with E-state index in [2.05, 4.69) is 16.7 Å². The second kappa shape index (κ2) is 15.3. The van der Waals surface area contributed by atoms with Crippen molar-refractivity contribution in [2.24, 2.45) is 5.92 Å². The largest absolute Gasteiger partial charge is 0.482 e. The Hall–Kier alpha value is -4.53. The SMILES string of the molecule is Cc1cc(C)cc(N(C)C(=O)COc2ccccc2N(CC2CCCCC2)C(=O)CNC(=O)Nc2cccc(N(C)C)c2)c1. The van der Waals surface area contributed by atoms with Gasteiger partial charge in [-0.2, -0.15) is 0 Å². The number of aryl methyl sites for hydroxylation is 2. The van der Waals surface area contributed by atoms with E-state index < -0.39 is 6.03 Å². The molecule has 9 nitrogen and oxygen atoms in total. The highest BCUT2D eigenvalue weighted by molar-refractivity contribution is 6.00. The number of ether oxygens (including phenoxy) is 1. The van der Waals surface area contributed by atoms with Gasteiger partial charge in [-0.05, 0) is 86.2 Å². The molecule has 44 heavy (non-hydrogen) atoms. The number of carbonyl (C=O) groups is 3. The molecule has 0 bridgehead atoms. The molecule has 0 aromatic heterocycles. The predicted molar refractivity (Wildman–Crippen MR) is 178 cm³/mol. The number of carbonyl (C=O) groups excluding carboxylic acids is 3. The lowest BCUT2D eigenvalue weighted by atomic mass is 9.89. The third-order valence-corrected chi connectivity index (χ3v) is 7.96. The Morgan fingerprint density at radius 3 is 2.23 bits per heavy atom. The van der Waals surface area contributed by atoms with Crippen LogP contribution >= 0.6 is 0 Å². The van der Waals surface area contributed by atoms with Gasteiger partial charge in [0, 0.05) is 44.7 Å². The number of amides is 4. The molecule has 1 saturated carbocycles. The average molecular weight is 600 g/mol. The second-order valence-electron chi connectivity index (χ2n) is 11.8. The van der Waals surface area contributed by atoms with E-state index >= 15 is 0 Å². The topological polar surface area (TPSA) is 94.2 Å². The molecule has 0 aliphatic heterocycles. The smallest absolute Gasteiger partial charge is 0.319 e. The van der Waals surface area contributed by atoms with Crippen LogP contribution in [0.25, 0.3) is 0 Å². The summed E-state index contributed by atoms with van der Waals surface area (Å²) in [5.41, 5.74) is 5.13. The summed E-state index contributed by atoms with van der Waals surface area (Å²) in [5.74, 6) is 0.346. The van der Waals surface area contributed by atoms with Gasteiger partial charge >= 0.3 is 6.03 Å². The van der Waals surface area contributed by atoms with Crippen LogP contribution in [0.1, 0.15) is 43.2 Å². The number of hydrogen-bond acceptors (Lipinski definition) is 5. The summed E-state index contributed by atoms with van der Waals surface area (Å²) in [6.07, 6.45) is 5.56. The summed E-state index contributed by atoms with van der Waals surface area (Å²) in [7, 11) is 5.59. The fourth-order valence-electron chi connectivity index (χ4n) is 5.58. The van der Waals surface area contributed by atoms with Crippen molar-refractivity contribution in [3.8, 4) is 5.75 Å². The van der Waals surface area contributed by atoms with Crippen LogP contribution in [0.15, 0.2) is 66.7 Å². The molecule has 0 unspecified atom stereocenters. The molecule has 0 heterocycles. The molecular weight excluding hydrogens is 554 g/mol. The minimum Gasteiger partial charge on any atom is -0.482 e. The van der Waals surface area contributed by atoms with E-state index in [9.17, 15) is 14.4 Å². The minimum absolute atomic E-state index is 0.182. The summed E-state index contributed by atoms with van der Waals surface area (Å²) >= 11 is 0. The van der Waals surface area contributed by atoms with Crippen molar-refractivity contribution in [2.75, 3.05) is 60.9 Å². The highest BCUT2D eigenvalue weighted by Crippen LogP contribution is 2.32. The van der Waals surface area contributed by atoms with Crippen LogP contribution in [0, 0.1) is 19.8 Å². The molecule has 3 aromatic carbocycles. The molecule has 1 aliphatic rings. The number of anilines is 4. The summed E-state index contributed by atoms with van der Waals surface area (Å²) in [5, 5.41) is 5.54. The minimum atomic E-state index is -0.462. The molecule has 3 aromatic rings. The standard InChI is InChI=1S/C35H45N5O4/c1-25-18-26(2)20-30(19-25)39(5)34(42)24-44-32-17-10-9-16-31(32)40(23-27-12-7-6-8-13-27)33(41)22-36-35(43)37-28-14-11-15-29(21-28)38(3)4/h9-11,14-21,27H,6-8,12-13,22-24H2,1-5H3,(H2,36,37,43). The van der Waals surface area contributed by atoms with Gasteiger partial charge < -0.3 is 30.1 Å². The molecule has 4 amide bonds. The number of rotatable bonds is 11. The van der Waals surface area contributed by atoms with Crippen LogP contribution in [-0.4, -0.2) is 58.7 Å². The monoisotopic (exact) mass is 599 g/mol. The van der Waals surface area contributed by atoms with E-state index in [1.165, 1.54) is 6.42 Å². The van der Waals surface area contributed by atoms with Gasteiger partial charge in [-0.15, -0.1) is 0 Å². The Bertz CT molecular complexity index is 1430. The van der Waals surface area contributed by atoms with E-state index in [4.69, 9.17) is 4.74 Å². The van der Waals surface area contributed by atoms with E-state index in [0.29, 0.717) is 29.6 Å². The highest BCUT2D eigenvalue weighted by atomic mass is 16.5. The van der Waals surface area contributed by atoms with Crippen molar-refractivity contribution in [2.45, 2.75) is 46.0 Å². The van der Waals surface area contributed by atoms with Gasteiger partial charge in [-0.1, -0.05) is 43.5 Å². The van der Waals surface area contributed by atoms with Gasteiger partial charge in [0.25, 0.3) is 5.91 Å². The van der Waals surface area contributed by atoms with E-state index in [0.717, 1.165) is 48.2 Å². The van der Waals surface area contributed by atoms with Gasteiger partial charge in [0.15, 0.2) is 6.61 Å². The summed E-state index contributed by atoms with van der Waals surface area (Å²) < 4.78 is 6.07. The van der Waals surface area contributed by atoms with Gasteiger partial charge in [-0.25, -0.2) is 4.79 Å². The van der Waals surface area contributed by atoms with Crippen molar-refractivity contribution in [3.63, 3.8) is 0 Å². The molecule has 9 heteroatoms. The third kappa shape index (κ3) is 8.99. The van der Waals surface area contributed by atoms with Crippen molar-refractivity contribution < 1.29 is 19.1 Å². The van der Waals surface area contributed by atoms with Crippen LogP contribution in [0.3, 0.4) is 0 Å². The maximum atomic E-state index is 13.7. The maximum Gasteiger partial charge on any atom is 0.319 e. The summed E-state index contributed by atoms with van der Waals surface area (Å²) in [4.78, 5) is 44.8. The molecule has 4 rings (SSSR count). The molecule has 0 radical (unpaired) electrons. The van der Waals surface area contributed by atoms with E-state index in [1.54, 1.807) is 29.0 Å². The maximum absolute atomic E-state index is 13.7. The highest BCUT2D eigenvalue weighted by Gasteiger charge is 2.25. The molecule has 0 atom stereocenters. The molecular formula is C35H45N5O4. The predicted octanol–water partition coefficient (Wildman–Crippen LogP) is 6.15. The Kier molecular flexibility index (Phi) is 11.2. The lowest BCUT2D eigenvalue weighted by Crippen LogP contribution is -2.44. The van der Waals surface area contributed by atoms with Crippen LogP contribution in [-0.2, 0) is 9.59 Å². The summed E-state index contributed by atoms with van der Waals surface area (Å²) in [6.45, 7) is 4.15. The first-order valence-electron chi connectivity index (χ1n) is 15.3. The second-order valence-corrected chi connectivity index (χ2v) is 11.8. The molecule has 2 N–H and O–H groups in total. The number of nitrogens with zero attached hydrogens (tertiary/aromatic N) is 3. The van der Waals surface area contributed by atoms with Crippen LogP contribution < -0.4 is 30.1 Å². The fourth-order valence-corrected chi connectivity index (χ4v) is 5.58. The lowest BCUT2D eigenvalue weighted by molar-refractivity contribution is -0.120. The van der Waals surface area contributed by atoms with Crippen molar-refractivity contribution in [1.29, 1.82) is 0 Å². The Morgan fingerprint density at radius 1 is 0.818 bits per heavy atom. The van der Waals surface area contributed by atoms with Crippen molar-refractivity contribution in [3.05, 3.63) is 77.9 Å². The molecule has 234 valence electrons. The van der Waals surface area contributed by atoms with Crippen LogP contribution in [0.5, 0.6) is 5.75 Å². The number of benzene rings is 3. The number of likely N-dealkylation sites (N-methyl/N-ethyl adjacent to an activating group) is 1. The van der Waals surface area contributed by atoms with Crippen LogP contribution in [0.2, 0.25) is 0 Å². The first-order valence-corrected chi connectivity index (χ1v) is 15.3. The quantitative estimate of drug-likeness (QED) is 0.276. The van der Waals surface area contributed by atoms with Gasteiger partial charge in [0.05, 0.1) is 12.2 Å². The number of urea groups is 1. The van der Waals surface area contributed by atoms with Crippen molar-refractivity contribution >= 4 is 40.6 Å². The molecule has 1 fully saturated rings. The number of nitrogens with one attached hydrogen (secondary N) is 2. The molecule has 0 saturated heterocycles. The molecule has 0 spiro atoms. The Balaban J connectivity index is 1.46. The third-order valence-electron chi connectivity index (χ3n) is 7.96. The lowest BCUT2D eigenvalue weighted by Gasteiger charge is -2.31. The van der Waals surface area contributed by atoms with Gasteiger partial charge in [0.1, 0.15) is 5.75 Å². The van der Waals surface area contributed by atoms with E-state index in [-0.39, 0.29) is 25.0 Å². The van der Waals surface area contributed by atoms with E-state index in [1.807, 2.05) is 81.4 Å². The van der Waals surface area contributed by atoms with Gasteiger partial charge in [-0.3, -0.25) is 9.59 Å². The average Bonchev–Trinajstić information content (AvgIpc) is 3.01. The first kappa shape index (κ1) is 32.4. The zero-order chi connectivity index (χ0) is 31.6. The first-order chi connectivity index (χ1) is 21.1. The Labute approximate surface area is 261 Å². The fraction of sp³-hybridized carbons (Fsp3) is 0.400. The zero-order valence-corrected chi connectivity index (χ0v) is 26.6. The van der Waals surface area contributed by atoms with Crippen LogP contribution in [0.4, 0.5) is 27.5 Å². The number of para-hydroxylation sites is 2. The zero-order valence-electron chi connectivity index (χ0n) is 26.6. The van der Waals surface area contributed by atoms with Gasteiger partial charge in [0.2, 0.25) is 5.91 Å².